The normalized spacial score (nSPS) is 16.9. The number of carbonyl (C=O) groups is 1. The second-order valence-corrected chi connectivity index (χ2v) is 7.15. The predicted octanol–water partition coefficient (Wildman–Crippen LogP) is 5.52. The Labute approximate surface area is 159 Å². The van der Waals surface area contributed by atoms with Gasteiger partial charge in [0.25, 0.3) is 0 Å². The maximum absolute atomic E-state index is 12.8. The minimum absolute atomic E-state index is 0.0296. The average molecular weight is 362 g/mol. The second kappa shape index (κ2) is 7.35. The zero-order valence-electron chi connectivity index (χ0n) is 14.4. The monoisotopic (exact) mass is 361 g/mol. The Balaban J connectivity index is 1.48. The summed E-state index contributed by atoms with van der Waals surface area (Å²) in [5.74, 6) is 0.200. The van der Waals surface area contributed by atoms with Crippen molar-refractivity contribution in [2.24, 2.45) is 0 Å². The van der Waals surface area contributed by atoms with Crippen LogP contribution in [0.2, 0.25) is 5.02 Å². The maximum Gasteiger partial charge on any atom is 0.230 e. The van der Waals surface area contributed by atoms with E-state index in [-0.39, 0.29) is 11.8 Å². The third kappa shape index (κ3) is 3.51. The molecule has 1 unspecified atom stereocenters. The molecule has 0 aromatic heterocycles. The van der Waals surface area contributed by atoms with E-state index in [1.54, 1.807) is 0 Å². The number of rotatable bonds is 4. The number of likely N-dealkylation sites (tertiary alicyclic amines) is 1. The summed E-state index contributed by atoms with van der Waals surface area (Å²) in [6, 6.07) is 26.3. The first-order valence-electron chi connectivity index (χ1n) is 8.89. The lowest BCUT2D eigenvalue weighted by Gasteiger charge is -2.17. The zero-order chi connectivity index (χ0) is 17.9. The van der Waals surface area contributed by atoms with E-state index < -0.39 is 0 Å². The number of halogens is 1. The molecule has 0 saturated carbocycles. The van der Waals surface area contributed by atoms with Crippen molar-refractivity contribution in [3.05, 3.63) is 95.0 Å². The van der Waals surface area contributed by atoms with Gasteiger partial charge in [-0.2, -0.15) is 0 Å². The van der Waals surface area contributed by atoms with E-state index in [1.807, 2.05) is 47.4 Å². The van der Waals surface area contributed by atoms with Crippen LogP contribution in [0.3, 0.4) is 0 Å². The fourth-order valence-electron chi connectivity index (χ4n) is 3.56. The molecule has 1 atom stereocenters. The quantitative estimate of drug-likeness (QED) is 0.598. The first kappa shape index (κ1) is 16.9. The van der Waals surface area contributed by atoms with Crippen LogP contribution >= 0.6 is 11.6 Å². The largest absolute Gasteiger partial charge is 0.338 e. The molecule has 2 nitrogen and oxygen atoms in total. The van der Waals surface area contributed by atoms with Crippen molar-refractivity contribution in [3.63, 3.8) is 0 Å². The molecule has 1 saturated heterocycles. The van der Waals surface area contributed by atoms with Crippen LogP contribution in [0.1, 0.15) is 23.5 Å². The van der Waals surface area contributed by atoms with Crippen molar-refractivity contribution in [2.75, 3.05) is 6.54 Å². The van der Waals surface area contributed by atoms with Crippen LogP contribution in [0.4, 0.5) is 0 Å². The van der Waals surface area contributed by atoms with E-state index >= 15 is 0 Å². The molecule has 0 aliphatic carbocycles. The SMILES string of the molecule is O=C1C(c2ccc(-c3ccc(Cl)cc3)cc2)CCN1Cc1ccccc1. The highest BCUT2D eigenvalue weighted by Gasteiger charge is 2.32. The minimum Gasteiger partial charge on any atom is -0.338 e. The topological polar surface area (TPSA) is 20.3 Å². The molecule has 26 heavy (non-hydrogen) atoms. The van der Waals surface area contributed by atoms with Crippen LogP contribution in [0.15, 0.2) is 78.9 Å². The Hall–Kier alpha value is -2.58. The fraction of sp³-hybridized carbons (Fsp3) is 0.174. The summed E-state index contributed by atoms with van der Waals surface area (Å²) >= 11 is 5.96. The van der Waals surface area contributed by atoms with Crippen LogP contribution in [0.25, 0.3) is 11.1 Å². The van der Waals surface area contributed by atoms with Gasteiger partial charge in [0, 0.05) is 18.1 Å². The summed E-state index contributed by atoms with van der Waals surface area (Å²) in [7, 11) is 0. The Kier molecular flexibility index (Phi) is 4.77. The number of benzene rings is 3. The lowest BCUT2D eigenvalue weighted by Crippen LogP contribution is -2.26. The van der Waals surface area contributed by atoms with Crippen LogP contribution in [-0.4, -0.2) is 17.4 Å². The van der Waals surface area contributed by atoms with Crippen LogP contribution in [0, 0.1) is 0 Å². The number of carbonyl (C=O) groups excluding carboxylic acids is 1. The molecular formula is C23H20ClNO. The van der Waals surface area contributed by atoms with E-state index in [4.69, 9.17) is 11.6 Å². The smallest absolute Gasteiger partial charge is 0.230 e. The Morgan fingerprint density at radius 1 is 0.846 bits per heavy atom. The van der Waals surface area contributed by atoms with Crippen molar-refractivity contribution in [1.29, 1.82) is 0 Å². The van der Waals surface area contributed by atoms with Gasteiger partial charge >= 0.3 is 0 Å². The Morgan fingerprint density at radius 2 is 1.46 bits per heavy atom. The van der Waals surface area contributed by atoms with Crippen LogP contribution in [-0.2, 0) is 11.3 Å². The fourth-order valence-corrected chi connectivity index (χ4v) is 3.69. The molecule has 0 spiro atoms. The highest BCUT2D eigenvalue weighted by Crippen LogP contribution is 2.31. The number of hydrogen-bond acceptors (Lipinski definition) is 1. The maximum atomic E-state index is 12.8. The molecule has 1 aliphatic rings. The van der Waals surface area contributed by atoms with Gasteiger partial charge in [0.05, 0.1) is 5.92 Å². The number of nitrogens with zero attached hydrogens (tertiary/aromatic N) is 1. The number of amides is 1. The lowest BCUT2D eigenvalue weighted by molar-refractivity contribution is -0.129. The van der Waals surface area contributed by atoms with Gasteiger partial charge in [0.1, 0.15) is 0 Å². The summed E-state index contributed by atoms with van der Waals surface area (Å²) in [6.45, 7) is 1.51. The molecule has 1 heterocycles. The summed E-state index contributed by atoms with van der Waals surface area (Å²) in [4.78, 5) is 14.8. The third-order valence-corrected chi connectivity index (χ3v) is 5.26. The highest BCUT2D eigenvalue weighted by molar-refractivity contribution is 6.30. The molecule has 0 bridgehead atoms. The molecule has 3 aromatic rings. The van der Waals surface area contributed by atoms with Gasteiger partial charge in [0.2, 0.25) is 5.91 Å². The molecule has 1 amide bonds. The average Bonchev–Trinajstić information content (AvgIpc) is 3.04. The molecular weight excluding hydrogens is 342 g/mol. The molecule has 4 rings (SSSR count). The third-order valence-electron chi connectivity index (χ3n) is 5.00. The van der Waals surface area contributed by atoms with Crippen molar-refractivity contribution < 1.29 is 4.79 Å². The first-order chi connectivity index (χ1) is 12.7. The second-order valence-electron chi connectivity index (χ2n) is 6.72. The number of hydrogen-bond donors (Lipinski definition) is 0. The summed E-state index contributed by atoms with van der Waals surface area (Å²) < 4.78 is 0. The Bertz CT molecular complexity index is 888. The van der Waals surface area contributed by atoms with Crippen molar-refractivity contribution in [1.82, 2.24) is 4.90 Å². The highest BCUT2D eigenvalue weighted by atomic mass is 35.5. The van der Waals surface area contributed by atoms with Crippen molar-refractivity contribution in [3.8, 4) is 11.1 Å². The molecule has 3 heteroatoms. The zero-order valence-corrected chi connectivity index (χ0v) is 15.2. The lowest BCUT2D eigenvalue weighted by atomic mass is 9.95. The van der Waals surface area contributed by atoms with Gasteiger partial charge < -0.3 is 4.90 Å². The van der Waals surface area contributed by atoms with E-state index in [2.05, 4.69) is 36.4 Å². The van der Waals surface area contributed by atoms with Gasteiger partial charge in [-0.1, -0.05) is 78.3 Å². The van der Waals surface area contributed by atoms with Crippen molar-refractivity contribution in [2.45, 2.75) is 18.9 Å². The molecule has 0 radical (unpaired) electrons. The standard InChI is InChI=1S/C23H20ClNO/c24-21-12-10-19(11-13-21)18-6-8-20(9-7-18)22-14-15-25(23(22)26)16-17-4-2-1-3-5-17/h1-13,22H,14-16H2. The summed E-state index contributed by atoms with van der Waals surface area (Å²) in [5, 5.41) is 0.737. The van der Waals surface area contributed by atoms with Crippen molar-refractivity contribution >= 4 is 17.5 Å². The molecule has 1 aliphatic heterocycles. The first-order valence-corrected chi connectivity index (χ1v) is 9.27. The van der Waals surface area contributed by atoms with E-state index in [1.165, 1.54) is 5.56 Å². The molecule has 130 valence electrons. The van der Waals surface area contributed by atoms with E-state index in [9.17, 15) is 4.79 Å². The van der Waals surface area contributed by atoms with E-state index in [0.717, 1.165) is 34.7 Å². The molecule has 3 aromatic carbocycles. The minimum atomic E-state index is -0.0296. The van der Waals surface area contributed by atoms with Crippen LogP contribution < -0.4 is 0 Å². The predicted molar refractivity (Wildman–Crippen MR) is 106 cm³/mol. The molecule has 1 fully saturated rings. The van der Waals surface area contributed by atoms with E-state index in [0.29, 0.717) is 6.54 Å². The van der Waals surface area contributed by atoms with Gasteiger partial charge in [-0.25, -0.2) is 0 Å². The summed E-state index contributed by atoms with van der Waals surface area (Å²) in [6.07, 6.45) is 0.881. The summed E-state index contributed by atoms with van der Waals surface area (Å²) in [5.41, 5.74) is 4.55. The van der Waals surface area contributed by atoms with Gasteiger partial charge in [-0.3, -0.25) is 4.79 Å². The van der Waals surface area contributed by atoms with Gasteiger partial charge in [-0.15, -0.1) is 0 Å². The molecule has 0 N–H and O–H groups in total. The van der Waals surface area contributed by atoms with Crippen LogP contribution in [0.5, 0.6) is 0 Å². The Morgan fingerprint density at radius 3 is 2.12 bits per heavy atom. The van der Waals surface area contributed by atoms with Gasteiger partial charge in [-0.05, 0) is 40.8 Å². The van der Waals surface area contributed by atoms with Gasteiger partial charge in [0.15, 0.2) is 0 Å².